The summed E-state index contributed by atoms with van der Waals surface area (Å²) in [6.07, 6.45) is 2.41. The van der Waals surface area contributed by atoms with E-state index in [0.717, 1.165) is 22.2 Å². The van der Waals surface area contributed by atoms with Gasteiger partial charge in [-0.3, -0.25) is 0 Å². The van der Waals surface area contributed by atoms with Crippen molar-refractivity contribution in [3.63, 3.8) is 0 Å². The minimum absolute atomic E-state index is 0.546. The van der Waals surface area contributed by atoms with Crippen LogP contribution in [0.5, 0.6) is 0 Å². The third-order valence-corrected chi connectivity index (χ3v) is 3.13. The number of nitrogens with one attached hydrogen (secondary N) is 2. The molecular formula is C14H15ClN4. The van der Waals surface area contributed by atoms with Crippen LogP contribution < -0.4 is 10.6 Å². The van der Waals surface area contributed by atoms with Crippen LogP contribution in [0.15, 0.2) is 30.3 Å². The fourth-order valence-corrected chi connectivity index (χ4v) is 1.91. The number of halogens is 1. The molecule has 0 unspecified atom stereocenters. The summed E-state index contributed by atoms with van der Waals surface area (Å²) in [5, 5.41) is 7.29. The van der Waals surface area contributed by atoms with Crippen LogP contribution in [0.2, 0.25) is 5.02 Å². The smallest absolute Gasteiger partial charge is 0.225 e. The summed E-state index contributed by atoms with van der Waals surface area (Å²) >= 11 is 5.87. The van der Waals surface area contributed by atoms with E-state index in [2.05, 4.69) is 20.6 Å². The third-order valence-electron chi connectivity index (χ3n) is 2.88. The van der Waals surface area contributed by atoms with E-state index in [-0.39, 0.29) is 0 Å². The Bertz CT molecular complexity index is 578. The molecule has 4 nitrogen and oxygen atoms in total. The van der Waals surface area contributed by atoms with Crippen LogP contribution in [-0.4, -0.2) is 16.0 Å². The van der Waals surface area contributed by atoms with Gasteiger partial charge in [-0.05, 0) is 44.0 Å². The first kappa shape index (κ1) is 12.2. The van der Waals surface area contributed by atoms with E-state index in [1.54, 1.807) is 0 Å². The number of rotatable bonds is 4. The lowest BCUT2D eigenvalue weighted by Crippen LogP contribution is -2.07. The van der Waals surface area contributed by atoms with Crippen molar-refractivity contribution in [2.45, 2.75) is 25.8 Å². The van der Waals surface area contributed by atoms with Crippen LogP contribution in [-0.2, 0) is 0 Å². The van der Waals surface area contributed by atoms with E-state index in [0.29, 0.717) is 12.0 Å². The Balaban J connectivity index is 1.79. The van der Waals surface area contributed by atoms with Gasteiger partial charge in [0.2, 0.25) is 5.95 Å². The van der Waals surface area contributed by atoms with Crippen LogP contribution in [0.1, 0.15) is 18.5 Å². The van der Waals surface area contributed by atoms with Crippen LogP contribution >= 0.6 is 11.6 Å². The van der Waals surface area contributed by atoms with Gasteiger partial charge in [0.1, 0.15) is 5.82 Å². The molecule has 0 spiro atoms. The van der Waals surface area contributed by atoms with Crippen molar-refractivity contribution in [1.82, 2.24) is 9.97 Å². The topological polar surface area (TPSA) is 49.8 Å². The van der Waals surface area contributed by atoms with Gasteiger partial charge in [0.15, 0.2) is 0 Å². The monoisotopic (exact) mass is 274 g/mol. The lowest BCUT2D eigenvalue weighted by Gasteiger charge is -2.09. The van der Waals surface area contributed by atoms with E-state index in [4.69, 9.17) is 11.6 Å². The lowest BCUT2D eigenvalue weighted by molar-refractivity contribution is 1.03. The number of benzene rings is 1. The zero-order valence-electron chi connectivity index (χ0n) is 10.7. The van der Waals surface area contributed by atoms with Crippen molar-refractivity contribution >= 4 is 29.1 Å². The van der Waals surface area contributed by atoms with Gasteiger partial charge in [-0.25, -0.2) is 4.98 Å². The van der Waals surface area contributed by atoms with Gasteiger partial charge in [0.05, 0.1) is 0 Å². The molecule has 0 bridgehead atoms. The molecule has 0 atom stereocenters. The van der Waals surface area contributed by atoms with Crippen molar-refractivity contribution in [3.8, 4) is 0 Å². The number of anilines is 3. The fourth-order valence-electron chi connectivity index (χ4n) is 1.79. The van der Waals surface area contributed by atoms with Gasteiger partial charge in [0.25, 0.3) is 0 Å². The van der Waals surface area contributed by atoms with E-state index in [1.807, 2.05) is 37.3 Å². The fraction of sp³-hybridized carbons (Fsp3) is 0.286. The Labute approximate surface area is 117 Å². The largest absolute Gasteiger partial charge is 0.351 e. The van der Waals surface area contributed by atoms with Crippen molar-refractivity contribution in [3.05, 3.63) is 41.0 Å². The Hall–Kier alpha value is -1.81. The predicted molar refractivity (Wildman–Crippen MR) is 78.1 cm³/mol. The molecule has 2 N–H and O–H groups in total. The average molecular weight is 275 g/mol. The molecule has 5 heteroatoms. The zero-order valence-corrected chi connectivity index (χ0v) is 11.4. The molecule has 1 aromatic carbocycles. The molecule has 1 fully saturated rings. The number of hydrogen-bond donors (Lipinski definition) is 2. The minimum atomic E-state index is 0.546. The van der Waals surface area contributed by atoms with Gasteiger partial charge in [-0.1, -0.05) is 11.6 Å². The molecule has 0 radical (unpaired) electrons. The van der Waals surface area contributed by atoms with Gasteiger partial charge < -0.3 is 10.6 Å². The van der Waals surface area contributed by atoms with Gasteiger partial charge in [0, 0.05) is 28.5 Å². The molecule has 0 amide bonds. The maximum absolute atomic E-state index is 5.87. The molecule has 2 aromatic rings. The number of hydrogen-bond acceptors (Lipinski definition) is 4. The van der Waals surface area contributed by atoms with E-state index >= 15 is 0 Å². The minimum Gasteiger partial charge on any atom is -0.351 e. The highest BCUT2D eigenvalue weighted by atomic mass is 35.5. The molecule has 19 heavy (non-hydrogen) atoms. The van der Waals surface area contributed by atoms with Gasteiger partial charge in [-0.2, -0.15) is 4.98 Å². The first-order valence-corrected chi connectivity index (χ1v) is 6.72. The SMILES string of the molecule is Cc1cc(Nc2ccc(Cl)cc2)nc(NC2CC2)n1. The van der Waals surface area contributed by atoms with Crippen molar-refractivity contribution in [2.75, 3.05) is 10.6 Å². The molecule has 1 saturated carbocycles. The maximum atomic E-state index is 5.87. The molecule has 3 rings (SSSR count). The summed E-state index contributed by atoms with van der Waals surface area (Å²) in [6.45, 7) is 1.97. The molecule has 1 aromatic heterocycles. The van der Waals surface area contributed by atoms with Crippen molar-refractivity contribution in [1.29, 1.82) is 0 Å². The van der Waals surface area contributed by atoms with Crippen LogP contribution in [0.3, 0.4) is 0 Å². The molecule has 1 heterocycles. The van der Waals surface area contributed by atoms with Crippen molar-refractivity contribution < 1.29 is 0 Å². The Morgan fingerprint density at radius 1 is 1.16 bits per heavy atom. The van der Waals surface area contributed by atoms with Gasteiger partial charge in [-0.15, -0.1) is 0 Å². The summed E-state index contributed by atoms with van der Waals surface area (Å²) in [4.78, 5) is 8.85. The summed E-state index contributed by atoms with van der Waals surface area (Å²) in [5.74, 6) is 1.48. The molecule has 0 aliphatic heterocycles. The van der Waals surface area contributed by atoms with Gasteiger partial charge >= 0.3 is 0 Å². The van der Waals surface area contributed by atoms with Crippen LogP contribution in [0, 0.1) is 6.92 Å². The molecule has 1 aliphatic carbocycles. The molecular weight excluding hydrogens is 260 g/mol. The summed E-state index contributed by atoms with van der Waals surface area (Å²) in [5.41, 5.74) is 1.90. The number of aryl methyl sites for hydroxylation is 1. The third kappa shape index (κ3) is 3.35. The van der Waals surface area contributed by atoms with Crippen molar-refractivity contribution in [2.24, 2.45) is 0 Å². The Kier molecular flexibility index (Phi) is 3.25. The van der Waals surface area contributed by atoms with E-state index in [9.17, 15) is 0 Å². The number of nitrogens with zero attached hydrogens (tertiary/aromatic N) is 2. The lowest BCUT2D eigenvalue weighted by atomic mass is 10.3. The summed E-state index contributed by atoms with van der Waals surface area (Å²) in [7, 11) is 0. The first-order chi connectivity index (χ1) is 9.19. The average Bonchev–Trinajstić information content (AvgIpc) is 3.15. The molecule has 1 aliphatic rings. The second-order valence-electron chi connectivity index (χ2n) is 4.77. The first-order valence-electron chi connectivity index (χ1n) is 6.34. The summed E-state index contributed by atoms with van der Waals surface area (Å²) in [6, 6.07) is 10.0. The highest BCUT2D eigenvalue weighted by Gasteiger charge is 2.22. The highest BCUT2D eigenvalue weighted by Crippen LogP contribution is 2.24. The van der Waals surface area contributed by atoms with Crippen LogP contribution in [0.4, 0.5) is 17.5 Å². The molecule has 98 valence electrons. The van der Waals surface area contributed by atoms with E-state index in [1.165, 1.54) is 12.8 Å². The summed E-state index contributed by atoms with van der Waals surface area (Å²) < 4.78 is 0. The second-order valence-corrected chi connectivity index (χ2v) is 5.21. The maximum Gasteiger partial charge on any atom is 0.225 e. The number of aromatic nitrogens is 2. The predicted octanol–water partition coefficient (Wildman–Crippen LogP) is 3.76. The molecule has 0 saturated heterocycles. The van der Waals surface area contributed by atoms with E-state index < -0.39 is 0 Å². The second kappa shape index (κ2) is 5.05. The quantitative estimate of drug-likeness (QED) is 0.891. The highest BCUT2D eigenvalue weighted by molar-refractivity contribution is 6.30. The Morgan fingerprint density at radius 3 is 2.58 bits per heavy atom. The zero-order chi connectivity index (χ0) is 13.2. The van der Waals surface area contributed by atoms with Crippen LogP contribution in [0.25, 0.3) is 0 Å². The standard InChI is InChI=1S/C14H15ClN4/c1-9-8-13(17-11-4-2-10(15)3-5-11)19-14(16-9)18-12-6-7-12/h2-5,8,12H,6-7H2,1H3,(H2,16,17,18,19). The Morgan fingerprint density at radius 2 is 1.89 bits per heavy atom. The normalized spacial score (nSPS) is 14.2.